The van der Waals surface area contributed by atoms with Gasteiger partial charge in [-0.25, -0.2) is 8.78 Å². The predicted octanol–water partition coefficient (Wildman–Crippen LogP) is 4.54. The van der Waals surface area contributed by atoms with Gasteiger partial charge in [0.15, 0.2) is 0 Å². The fraction of sp³-hybridized carbons (Fsp3) is 0.400. The molecule has 6 heteroatoms. The number of halogens is 2. The smallest absolute Gasteiger partial charge is 0.259 e. The highest BCUT2D eigenvalue weighted by Gasteiger charge is 2.34. The van der Waals surface area contributed by atoms with Crippen molar-refractivity contribution in [3.63, 3.8) is 0 Å². The van der Waals surface area contributed by atoms with Crippen LogP contribution in [0.4, 0.5) is 8.78 Å². The molecular formula is C20H24F2O3S. The summed E-state index contributed by atoms with van der Waals surface area (Å²) in [6.07, 6.45) is 0.453. The molecule has 0 saturated heterocycles. The Morgan fingerprint density at radius 3 is 1.42 bits per heavy atom. The zero-order chi connectivity index (χ0) is 19.0. The Hall–Kier alpha value is -1.63. The van der Waals surface area contributed by atoms with Crippen LogP contribution in [-0.2, 0) is 32.6 Å². The van der Waals surface area contributed by atoms with Crippen molar-refractivity contribution in [1.29, 1.82) is 0 Å². The Morgan fingerprint density at radius 1 is 0.769 bits per heavy atom. The fourth-order valence-electron chi connectivity index (χ4n) is 2.60. The lowest BCUT2D eigenvalue weighted by Gasteiger charge is -2.29. The highest BCUT2D eigenvalue weighted by Crippen LogP contribution is 2.25. The number of benzene rings is 2. The molecule has 0 amide bonds. The summed E-state index contributed by atoms with van der Waals surface area (Å²) in [4.78, 5) is 0. The zero-order valence-electron chi connectivity index (χ0n) is 15.0. The van der Waals surface area contributed by atoms with Crippen LogP contribution in [0.25, 0.3) is 0 Å². The molecule has 0 radical (unpaired) electrons. The molecule has 0 aliphatic heterocycles. The van der Waals surface area contributed by atoms with E-state index in [0.29, 0.717) is 0 Å². The van der Waals surface area contributed by atoms with Crippen LogP contribution < -0.4 is 0 Å². The van der Waals surface area contributed by atoms with Crippen LogP contribution in [0.2, 0.25) is 0 Å². The second-order valence-corrected chi connectivity index (χ2v) is 7.60. The highest BCUT2D eigenvalue weighted by atomic mass is 32.2. The summed E-state index contributed by atoms with van der Waals surface area (Å²) in [5.41, 5.74) is -0.948. The maximum absolute atomic E-state index is 13.6. The Bertz CT molecular complexity index is 639. The topological polar surface area (TPSA) is 35.5 Å². The van der Waals surface area contributed by atoms with Crippen molar-refractivity contribution < 1.29 is 21.4 Å². The first kappa shape index (κ1) is 20.7. The predicted molar refractivity (Wildman–Crippen MR) is 99.4 cm³/mol. The van der Waals surface area contributed by atoms with Gasteiger partial charge in [0.1, 0.15) is 24.6 Å². The molecule has 2 rings (SSSR count). The largest absolute Gasteiger partial charge is 0.305 e. The average molecular weight is 382 g/mol. The van der Waals surface area contributed by atoms with E-state index in [2.05, 4.69) is 0 Å². The molecule has 2 unspecified atom stereocenters. The lowest BCUT2D eigenvalue weighted by Crippen LogP contribution is -2.40. The minimum Gasteiger partial charge on any atom is -0.259 e. The normalized spacial score (nSPS) is 17.2. The third-order valence-electron chi connectivity index (χ3n) is 3.95. The fourth-order valence-corrected chi connectivity index (χ4v) is 3.50. The number of rotatable bonds is 10. The molecule has 0 N–H and O–H groups in total. The minimum atomic E-state index is -2.29. The summed E-state index contributed by atoms with van der Waals surface area (Å²) in [6, 6.07) is 18.4. The summed E-state index contributed by atoms with van der Waals surface area (Å²) in [5.74, 6) is 0. The van der Waals surface area contributed by atoms with E-state index in [1.54, 1.807) is 0 Å². The number of hydrogen-bond donors (Lipinski definition) is 0. The van der Waals surface area contributed by atoms with Crippen molar-refractivity contribution in [3.8, 4) is 0 Å². The van der Waals surface area contributed by atoms with Gasteiger partial charge in [-0.05, 0) is 25.0 Å². The van der Waals surface area contributed by atoms with E-state index < -0.39 is 35.9 Å². The SMILES string of the molecule is CC(CF)(Cc1ccccc1)OS(=O)OC(C)(CF)Cc1ccccc1. The van der Waals surface area contributed by atoms with Crippen LogP contribution in [0.3, 0.4) is 0 Å². The molecule has 2 atom stereocenters. The quantitative estimate of drug-likeness (QED) is 0.605. The second kappa shape index (κ2) is 9.35. The highest BCUT2D eigenvalue weighted by molar-refractivity contribution is 7.75. The molecule has 0 aromatic heterocycles. The van der Waals surface area contributed by atoms with Crippen LogP contribution in [0, 0.1) is 0 Å². The van der Waals surface area contributed by atoms with Gasteiger partial charge in [-0.3, -0.25) is 8.37 Å². The van der Waals surface area contributed by atoms with Crippen LogP contribution in [0.15, 0.2) is 60.7 Å². The van der Waals surface area contributed by atoms with E-state index in [9.17, 15) is 13.0 Å². The molecule has 2 aromatic rings. The third kappa shape index (κ3) is 6.27. The molecular weight excluding hydrogens is 358 g/mol. The van der Waals surface area contributed by atoms with E-state index in [4.69, 9.17) is 8.37 Å². The third-order valence-corrected chi connectivity index (χ3v) is 5.02. The van der Waals surface area contributed by atoms with E-state index in [1.807, 2.05) is 60.7 Å². The van der Waals surface area contributed by atoms with Gasteiger partial charge >= 0.3 is 11.4 Å². The second-order valence-electron chi connectivity index (χ2n) is 6.86. The molecule has 2 aromatic carbocycles. The lowest BCUT2D eigenvalue weighted by atomic mass is 9.98. The Balaban J connectivity index is 2.01. The zero-order valence-corrected chi connectivity index (χ0v) is 15.8. The Morgan fingerprint density at radius 2 is 1.12 bits per heavy atom. The van der Waals surface area contributed by atoms with E-state index in [-0.39, 0.29) is 12.8 Å². The monoisotopic (exact) mass is 382 g/mol. The minimum absolute atomic E-state index is 0.227. The van der Waals surface area contributed by atoms with Crippen molar-refractivity contribution in [3.05, 3.63) is 71.8 Å². The molecule has 142 valence electrons. The van der Waals surface area contributed by atoms with Crippen LogP contribution in [-0.4, -0.2) is 28.8 Å². The van der Waals surface area contributed by atoms with E-state index in [1.165, 1.54) is 13.8 Å². The van der Waals surface area contributed by atoms with Gasteiger partial charge in [-0.1, -0.05) is 60.7 Å². The van der Waals surface area contributed by atoms with Crippen molar-refractivity contribution in [1.82, 2.24) is 0 Å². The molecule has 0 spiro atoms. The summed E-state index contributed by atoms with van der Waals surface area (Å²) >= 11 is -2.29. The molecule has 0 heterocycles. The Labute approximate surface area is 156 Å². The first-order valence-electron chi connectivity index (χ1n) is 8.39. The van der Waals surface area contributed by atoms with Gasteiger partial charge in [-0.15, -0.1) is 0 Å². The van der Waals surface area contributed by atoms with Gasteiger partial charge in [0.25, 0.3) is 0 Å². The first-order valence-corrected chi connectivity index (χ1v) is 9.39. The van der Waals surface area contributed by atoms with E-state index >= 15 is 0 Å². The van der Waals surface area contributed by atoms with Crippen molar-refractivity contribution in [2.24, 2.45) is 0 Å². The molecule has 26 heavy (non-hydrogen) atoms. The molecule has 0 fully saturated rings. The van der Waals surface area contributed by atoms with Gasteiger partial charge in [0.2, 0.25) is 0 Å². The molecule has 0 aliphatic rings. The van der Waals surface area contributed by atoms with Gasteiger partial charge in [0, 0.05) is 12.8 Å². The van der Waals surface area contributed by atoms with Gasteiger partial charge in [-0.2, -0.15) is 4.21 Å². The number of alkyl halides is 2. The molecule has 0 aliphatic carbocycles. The van der Waals surface area contributed by atoms with Gasteiger partial charge < -0.3 is 0 Å². The maximum atomic E-state index is 13.6. The van der Waals surface area contributed by atoms with Crippen molar-refractivity contribution in [2.75, 3.05) is 13.3 Å². The molecule has 3 nitrogen and oxygen atoms in total. The molecule has 0 bridgehead atoms. The van der Waals surface area contributed by atoms with E-state index in [0.717, 1.165) is 11.1 Å². The van der Waals surface area contributed by atoms with Crippen LogP contribution in [0.1, 0.15) is 25.0 Å². The summed E-state index contributed by atoms with van der Waals surface area (Å²) < 4.78 is 50.1. The summed E-state index contributed by atoms with van der Waals surface area (Å²) in [5, 5.41) is 0. The summed E-state index contributed by atoms with van der Waals surface area (Å²) in [6.45, 7) is 1.35. The average Bonchev–Trinajstić information content (AvgIpc) is 2.63. The van der Waals surface area contributed by atoms with Crippen molar-refractivity contribution >= 4 is 11.4 Å². The summed E-state index contributed by atoms with van der Waals surface area (Å²) in [7, 11) is 0. The first-order chi connectivity index (χ1) is 12.4. The van der Waals surface area contributed by atoms with Crippen molar-refractivity contribution in [2.45, 2.75) is 37.9 Å². The Kier molecular flexibility index (Phi) is 7.43. The standard InChI is InChI=1S/C20H24F2O3S/c1-19(15-21,13-17-9-5-3-6-10-17)24-26(23)25-20(2,16-22)14-18-11-7-4-8-12-18/h3-12H,13-16H2,1-2H3. The van der Waals surface area contributed by atoms with Crippen LogP contribution in [0.5, 0.6) is 0 Å². The molecule has 0 saturated carbocycles. The van der Waals surface area contributed by atoms with Crippen LogP contribution >= 0.6 is 0 Å². The lowest BCUT2D eigenvalue weighted by molar-refractivity contribution is 0.0174. The van der Waals surface area contributed by atoms with Gasteiger partial charge in [0.05, 0.1) is 0 Å². The maximum Gasteiger partial charge on any atom is 0.305 e. The number of hydrogen-bond acceptors (Lipinski definition) is 3.